The summed E-state index contributed by atoms with van der Waals surface area (Å²) in [6.45, 7) is 4.25. The molecule has 0 aliphatic heterocycles. The molecule has 0 unspecified atom stereocenters. The minimum atomic E-state index is 0.0685. The normalized spacial score (nSPS) is 12.4. The second-order valence-corrected chi connectivity index (χ2v) is 5.23. The number of hydrogen-bond acceptors (Lipinski definition) is 2. The van der Waals surface area contributed by atoms with Gasteiger partial charge in [-0.05, 0) is 37.0 Å². The van der Waals surface area contributed by atoms with Gasteiger partial charge in [-0.3, -0.25) is 4.79 Å². The Hall–Kier alpha value is -0.900. The second-order valence-electron chi connectivity index (χ2n) is 3.83. The van der Waals surface area contributed by atoms with Gasteiger partial charge < -0.3 is 9.88 Å². The van der Waals surface area contributed by atoms with Crippen LogP contribution in [0.5, 0.6) is 0 Å². The third-order valence-corrected chi connectivity index (χ3v) is 3.63. The molecule has 1 N–H and O–H groups in total. The van der Waals surface area contributed by atoms with Gasteiger partial charge in [0.1, 0.15) is 5.69 Å². The molecule has 90 valence electrons. The number of thioether (sulfide) groups is 1. The van der Waals surface area contributed by atoms with E-state index in [1.165, 1.54) is 0 Å². The van der Waals surface area contributed by atoms with Crippen LogP contribution in [-0.4, -0.2) is 40.4 Å². The lowest BCUT2D eigenvalue weighted by molar-refractivity contribution is 0.0736. The molecule has 0 spiro atoms. The van der Waals surface area contributed by atoms with Gasteiger partial charge >= 0.3 is 0 Å². The van der Waals surface area contributed by atoms with Crippen molar-refractivity contribution in [3.05, 3.63) is 24.0 Å². The second kappa shape index (κ2) is 6.63. The first-order valence-corrected chi connectivity index (χ1v) is 6.80. The maximum Gasteiger partial charge on any atom is 0.270 e. The Labute approximate surface area is 102 Å². The summed E-state index contributed by atoms with van der Waals surface area (Å²) in [5.74, 6) is 2.32. The first-order chi connectivity index (χ1) is 7.66. The van der Waals surface area contributed by atoms with Crippen LogP contribution < -0.4 is 0 Å². The van der Waals surface area contributed by atoms with Gasteiger partial charge in [0.15, 0.2) is 0 Å². The van der Waals surface area contributed by atoms with Crippen LogP contribution in [0, 0.1) is 0 Å². The van der Waals surface area contributed by atoms with Crippen molar-refractivity contribution >= 4 is 17.7 Å². The summed E-state index contributed by atoms with van der Waals surface area (Å²) in [7, 11) is 1.87. The zero-order chi connectivity index (χ0) is 12.0. The van der Waals surface area contributed by atoms with Gasteiger partial charge in [-0.2, -0.15) is 11.8 Å². The van der Waals surface area contributed by atoms with E-state index < -0.39 is 0 Å². The summed E-state index contributed by atoms with van der Waals surface area (Å²) in [6, 6.07) is 3.94. The number of rotatable bonds is 6. The van der Waals surface area contributed by atoms with Crippen molar-refractivity contribution in [1.29, 1.82) is 0 Å². The van der Waals surface area contributed by atoms with E-state index in [0.717, 1.165) is 17.9 Å². The molecular formula is C12H20N2OS. The molecule has 4 heteroatoms. The lowest BCUT2D eigenvalue weighted by Gasteiger charge is -2.24. The highest BCUT2D eigenvalue weighted by Crippen LogP contribution is 2.10. The fourth-order valence-electron chi connectivity index (χ4n) is 1.45. The van der Waals surface area contributed by atoms with Crippen LogP contribution in [0.1, 0.15) is 30.8 Å². The summed E-state index contributed by atoms with van der Waals surface area (Å²) in [4.78, 5) is 16.7. The van der Waals surface area contributed by atoms with Crippen LogP contribution in [0.2, 0.25) is 0 Å². The number of nitrogens with one attached hydrogen (secondary N) is 1. The smallest absolute Gasteiger partial charge is 0.270 e. The highest BCUT2D eigenvalue weighted by molar-refractivity contribution is 7.99. The molecular weight excluding hydrogens is 220 g/mol. The number of H-pyrrole nitrogens is 1. The maximum absolute atomic E-state index is 12.0. The van der Waals surface area contributed by atoms with Crippen LogP contribution in [0.25, 0.3) is 0 Å². The third kappa shape index (κ3) is 3.59. The van der Waals surface area contributed by atoms with Crippen molar-refractivity contribution in [1.82, 2.24) is 9.88 Å². The van der Waals surface area contributed by atoms with Crippen LogP contribution in [0.15, 0.2) is 18.3 Å². The quantitative estimate of drug-likeness (QED) is 0.776. The van der Waals surface area contributed by atoms with Gasteiger partial charge in [-0.15, -0.1) is 0 Å². The average Bonchev–Trinajstić information content (AvgIpc) is 2.80. The summed E-state index contributed by atoms with van der Waals surface area (Å²) < 4.78 is 0. The van der Waals surface area contributed by atoms with Gasteiger partial charge in [0.2, 0.25) is 0 Å². The van der Waals surface area contributed by atoms with Crippen molar-refractivity contribution in [2.45, 2.75) is 26.3 Å². The van der Waals surface area contributed by atoms with E-state index >= 15 is 0 Å². The Morgan fingerprint density at radius 2 is 2.38 bits per heavy atom. The molecule has 0 aromatic carbocycles. The van der Waals surface area contributed by atoms with Crippen LogP contribution in [0.4, 0.5) is 0 Å². The maximum atomic E-state index is 12.0. The lowest BCUT2D eigenvalue weighted by atomic mass is 10.2. The standard InChI is InChI=1S/C12H20N2OS/c1-4-16-9-7-10(2)14(3)12(15)11-6-5-8-13-11/h5-6,8,10,13H,4,7,9H2,1-3H3/t10-/m1/s1. The van der Waals surface area contributed by atoms with Crippen molar-refractivity contribution < 1.29 is 4.79 Å². The average molecular weight is 240 g/mol. The number of aromatic amines is 1. The van der Waals surface area contributed by atoms with Crippen LogP contribution in [0.3, 0.4) is 0 Å². The number of carbonyl (C=O) groups is 1. The SMILES string of the molecule is CCSCC[C@@H](C)N(C)C(=O)c1ccc[nH]1. The molecule has 0 aliphatic rings. The minimum absolute atomic E-state index is 0.0685. The van der Waals surface area contributed by atoms with Gasteiger partial charge in [-0.25, -0.2) is 0 Å². The number of hydrogen-bond donors (Lipinski definition) is 1. The van der Waals surface area contributed by atoms with Gasteiger partial charge in [0.05, 0.1) is 0 Å². The van der Waals surface area contributed by atoms with Crippen molar-refractivity contribution in [3.63, 3.8) is 0 Å². The molecule has 3 nitrogen and oxygen atoms in total. The molecule has 0 saturated carbocycles. The Balaban J connectivity index is 2.44. The number of amides is 1. The first-order valence-electron chi connectivity index (χ1n) is 5.65. The summed E-state index contributed by atoms with van der Waals surface area (Å²) in [5.41, 5.74) is 0.664. The topological polar surface area (TPSA) is 36.1 Å². The molecule has 1 aromatic rings. The zero-order valence-electron chi connectivity index (χ0n) is 10.2. The molecule has 0 radical (unpaired) electrons. The van der Waals surface area contributed by atoms with Crippen LogP contribution >= 0.6 is 11.8 Å². The molecule has 1 rings (SSSR count). The largest absolute Gasteiger partial charge is 0.357 e. The summed E-state index contributed by atoms with van der Waals surface area (Å²) in [6.07, 6.45) is 2.82. The predicted octanol–water partition coefficient (Wildman–Crippen LogP) is 2.62. The Morgan fingerprint density at radius 1 is 1.62 bits per heavy atom. The van der Waals surface area contributed by atoms with Gasteiger partial charge in [0, 0.05) is 19.3 Å². The molecule has 1 amide bonds. The summed E-state index contributed by atoms with van der Waals surface area (Å²) >= 11 is 1.92. The minimum Gasteiger partial charge on any atom is -0.357 e. The van der Waals surface area contributed by atoms with Gasteiger partial charge in [-0.1, -0.05) is 6.92 Å². The number of aromatic nitrogens is 1. The fourth-order valence-corrected chi connectivity index (χ4v) is 2.24. The Bertz CT molecular complexity index is 311. The Kier molecular flexibility index (Phi) is 5.46. The molecule has 0 bridgehead atoms. The number of carbonyl (C=O) groups excluding carboxylic acids is 1. The third-order valence-electron chi connectivity index (χ3n) is 2.69. The van der Waals surface area contributed by atoms with Gasteiger partial charge in [0.25, 0.3) is 5.91 Å². The molecule has 0 saturated heterocycles. The molecule has 1 atom stereocenters. The van der Waals surface area contributed by atoms with Crippen LogP contribution in [-0.2, 0) is 0 Å². The van der Waals surface area contributed by atoms with E-state index in [1.54, 1.807) is 6.20 Å². The highest BCUT2D eigenvalue weighted by atomic mass is 32.2. The van der Waals surface area contributed by atoms with Crippen molar-refractivity contribution in [2.75, 3.05) is 18.6 Å². The van der Waals surface area contributed by atoms with E-state index in [4.69, 9.17) is 0 Å². The van der Waals surface area contributed by atoms with E-state index in [0.29, 0.717) is 5.69 Å². The molecule has 16 heavy (non-hydrogen) atoms. The fraction of sp³-hybridized carbons (Fsp3) is 0.583. The molecule has 1 heterocycles. The lowest BCUT2D eigenvalue weighted by Crippen LogP contribution is -2.35. The van der Waals surface area contributed by atoms with E-state index in [-0.39, 0.29) is 11.9 Å². The molecule has 0 fully saturated rings. The molecule has 0 aliphatic carbocycles. The monoisotopic (exact) mass is 240 g/mol. The van der Waals surface area contributed by atoms with Crippen molar-refractivity contribution in [2.24, 2.45) is 0 Å². The summed E-state index contributed by atoms with van der Waals surface area (Å²) in [5, 5.41) is 0. The predicted molar refractivity (Wildman–Crippen MR) is 70.0 cm³/mol. The first kappa shape index (κ1) is 13.2. The van der Waals surface area contributed by atoms with Crippen molar-refractivity contribution in [3.8, 4) is 0 Å². The van der Waals surface area contributed by atoms with E-state index in [1.807, 2.05) is 35.8 Å². The molecule has 1 aromatic heterocycles. The Morgan fingerprint density at radius 3 is 2.94 bits per heavy atom. The van der Waals surface area contributed by atoms with E-state index in [9.17, 15) is 4.79 Å². The van der Waals surface area contributed by atoms with E-state index in [2.05, 4.69) is 18.8 Å². The highest BCUT2D eigenvalue weighted by Gasteiger charge is 2.17. The number of nitrogens with zero attached hydrogens (tertiary/aromatic N) is 1. The zero-order valence-corrected chi connectivity index (χ0v) is 11.0.